The third-order valence-electron chi connectivity index (χ3n) is 7.80. The van der Waals surface area contributed by atoms with E-state index in [1.807, 2.05) is 22.6 Å². The van der Waals surface area contributed by atoms with Gasteiger partial charge in [-0.1, -0.05) is 5.16 Å². The van der Waals surface area contributed by atoms with Gasteiger partial charge in [-0.15, -0.1) is 20.3 Å². The molecule has 2 amide bonds. The molecule has 0 saturated carbocycles. The Morgan fingerprint density at radius 3 is 2.68 bits per heavy atom. The van der Waals surface area contributed by atoms with E-state index in [2.05, 4.69) is 25.1 Å². The van der Waals surface area contributed by atoms with E-state index in [4.69, 9.17) is 19.9 Å². The van der Waals surface area contributed by atoms with Gasteiger partial charge in [0.1, 0.15) is 29.6 Å². The van der Waals surface area contributed by atoms with Crippen molar-refractivity contribution in [2.45, 2.75) is 44.2 Å². The molecular formula is C26H33N8O11S2+. The van der Waals surface area contributed by atoms with E-state index in [-0.39, 0.29) is 16.7 Å². The quantitative estimate of drug-likeness (QED) is 0.0378. The molecule has 47 heavy (non-hydrogen) atoms. The molecule has 7 N–H and O–H groups in total. The minimum absolute atomic E-state index is 0.0509. The lowest BCUT2D eigenvalue weighted by atomic mass is 9.84. The lowest BCUT2D eigenvalue weighted by Gasteiger charge is -2.50. The van der Waals surface area contributed by atoms with E-state index in [0.29, 0.717) is 30.4 Å². The molecule has 21 heteroatoms. The fourth-order valence-corrected chi connectivity index (χ4v) is 6.18. The number of β-lactam (4-membered cyclic amide) rings is 1. The average molecular weight is 698 g/mol. The van der Waals surface area contributed by atoms with Crippen LogP contribution in [0.4, 0.5) is 5.13 Å². The maximum atomic E-state index is 13.2. The Hall–Kier alpha value is -4.41. The molecule has 0 radical (unpaired) electrons. The molecule has 2 aliphatic rings. The lowest BCUT2D eigenvalue weighted by Crippen LogP contribution is -2.76. The molecule has 4 heterocycles. The number of amides is 2. The predicted molar refractivity (Wildman–Crippen MR) is 162 cm³/mol. The number of carboxylic acid groups (broad SMARTS) is 1. The van der Waals surface area contributed by atoms with Gasteiger partial charge in [-0.25, -0.2) is 9.78 Å². The number of hydrogen-bond acceptors (Lipinski definition) is 14. The van der Waals surface area contributed by atoms with Crippen molar-refractivity contribution < 1.29 is 56.1 Å². The van der Waals surface area contributed by atoms with Crippen LogP contribution in [-0.4, -0.2) is 105 Å². The molecule has 1 aromatic carbocycles. The maximum absolute atomic E-state index is 13.2. The average Bonchev–Trinajstić information content (AvgIpc) is 3.69. The molecule has 19 nitrogen and oxygen atoms in total. The Morgan fingerprint density at radius 1 is 1.34 bits per heavy atom. The van der Waals surface area contributed by atoms with Gasteiger partial charge in [0.2, 0.25) is 6.20 Å². The fraction of sp³-hybridized carbons (Fsp3) is 0.462. The number of nitrogens with one attached hydrogen (secondary N) is 2. The first-order chi connectivity index (χ1) is 22.0. The maximum Gasteiger partial charge on any atom is 0.418 e. The van der Waals surface area contributed by atoms with E-state index in [9.17, 15) is 33.0 Å². The van der Waals surface area contributed by atoms with Crippen LogP contribution in [0.25, 0.3) is 10.9 Å². The first-order valence-corrected chi connectivity index (χ1v) is 16.3. The standard InChI is InChI=1S/C26H32N8O11S2/c1-26(2)21(23(37)34(26)45-47(40,41)42)30-22(36)20(16-12-46-25(27)29-16)31-44-19(24(38)39)11-43-15-4-5-17-13(6-15)9-33(32(17)3)10-14-7-28-8-18(14)35/h4-6,9,12,14,18-19,21,28,35H,7-8,10-11H2,1-3H3,(H4-,27,29,30,36,38,39,40,41,42)/p+1/b31-20-/t14-,18-,19+,21-/m1/s1. The van der Waals surface area contributed by atoms with Gasteiger partial charge in [0.05, 0.1) is 30.0 Å². The number of thiazole rings is 1. The number of anilines is 1. The summed E-state index contributed by atoms with van der Waals surface area (Å²) in [6.07, 6.45) is -0.239. The van der Waals surface area contributed by atoms with Crippen molar-refractivity contribution in [3.05, 3.63) is 35.5 Å². The van der Waals surface area contributed by atoms with Crippen molar-refractivity contribution in [2.75, 3.05) is 25.4 Å². The number of benzene rings is 1. The van der Waals surface area contributed by atoms with Crippen LogP contribution in [-0.2, 0) is 47.5 Å². The molecule has 0 aliphatic carbocycles. The van der Waals surface area contributed by atoms with Crippen LogP contribution in [0, 0.1) is 5.92 Å². The number of aryl methyl sites for hydroxylation is 1. The lowest BCUT2D eigenvalue weighted by molar-refractivity contribution is -0.776. The summed E-state index contributed by atoms with van der Waals surface area (Å²) in [5.74, 6) is -3.09. The number of aliphatic hydroxyl groups excluding tert-OH is 1. The summed E-state index contributed by atoms with van der Waals surface area (Å²) in [5, 5.41) is 31.8. The molecule has 0 spiro atoms. The van der Waals surface area contributed by atoms with Crippen molar-refractivity contribution in [1.29, 1.82) is 0 Å². The minimum Gasteiger partial charge on any atom is -0.489 e. The largest absolute Gasteiger partial charge is 0.489 e. The number of β-amino-alcohol motifs (C(OH)–C–C–N with tert-alkyl or cyclic N) is 1. The molecule has 254 valence electrons. The second-order valence-electron chi connectivity index (χ2n) is 11.4. The van der Waals surface area contributed by atoms with Gasteiger partial charge in [-0.3, -0.25) is 14.1 Å². The molecule has 0 bridgehead atoms. The van der Waals surface area contributed by atoms with Gasteiger partial charge < -0.3 is 36.2 Å². The molecule has 4 atom stereocenters. The molecule has 2 saturated heterocycles. The summed E-state index contributed by atoms with van der Waals surface area (Å²) < 4.78 is 45.1. The number of aromatic nitrogens is 3. The van der Waals surface area contributed by atoms with E-state index in [0.717, 1.165) is 22.2 Å². The normalized spacial score (nSPS) is 21.8. The van der Waals surface area contributed by atoms with Crippen molar-refractivity contribution in [2.24, 2.45) is 18.1 Å². The summed E-state index contributed by atoms with van der Waals surface area (Å²) in [7, 11) is -3.13. The number of rotatable bonds is 13. The third-order valence-corrected chi connectivity index (χ3v) is 8.81. The Kier molecular flexibility index (Phi) is 9.39. The summed E-state index contributed by atoms with van der Waals surface area (Å²) in [5.41, 5.74) is 4.54. The van der Waals surface area contributed by atoms with Crippen LogP contribution in [0.2, 0.25) is 0 Å². The fourth-order valence-electron chi connectivity index (χ4n) is 5.18. The zero-order valence-electron chi connectivity index (χ0n) is 25.3. The van der Waals surface area contributed by atoms with Gasteiger partial charge in [-0.05, 0) is 32.0 Å². The predicted octanol–water partition coefficient (Wildman–Crippen LogP) is -1.82. The Morgan fingerprint density at radius 2 is 2.09 bits per heavy atom. The molecule has 3 aromatic rings. The number of aliphatic hydroxyl groups is 1. The number of ether oxygens (including phenoxy) is 1. The van der Waals surface area contributed by atoms with Gasteiger partial charge >= 0.3 is 16.4 Å². The van der Waals surface area contributed by atoms with E-state index in [1.165, 1.54) is 19.2 Å². The highest BCUT2D eigenvalue weighted by Gasteiger charge is 2.58. The van der Waals surface area contributed by atoms with Crippen molar-refractivity contribution in [3.8, 4) is 5.75 Å². The summed E-state index contributed by atoms with van der Waals surface area (Å²) in [6.45, 7) is 4.04. The molecule has 5 rings (SSSR count). The van der Waals surface area contributed by atoms with Crippen molar-refractivity contribution in [3.63, 3.8) is 0 Å². The highest BCUT2D eigenvalue weighted by Crippen LogP contribution is 2.33. The summed E-state index contributed by atoms with van der Waals surface area (Å²) in [4.78, 5) is 47.0. The number of aliphatic carboxylic acids is 1. The second-order valence-corrected chi connectivity index (χ2v) is 13.3. The molecular weight excluding hydrogens is 664 g/mol. The van der Waals surface area contributed by atoms with E-state index >= 15 is 0 Å². The first kappa shape index (κ1) is 33.9. The van der Waals surface area contributed by atoms with Crippen molar-refractivity contribution in [1.82, 2.24) is 25.4 Å². The van der Waals surface area contributed by atoms with Gasteiger partial charge in [0.25, 0.3) is 17.9 Å². The van der Waals surface area contributed by atoms with Crippen LogP contribution in [0.5, 0.6) is 5.75 Å². The van der Waals surface area contributed by atoms with Gasteiger partial charge in [-0.2, -0.15) is 18.2 Å². The number of carbonyl (C=O) groups excluding carboxylic acids is 2. The number of hydrogen-bond donors (Lipinski definition) is 6. The monoisotopic (exact) mass is 697 g/mol. The number of oxime groups is 1. The van der Waals surface area contributed by atoms with Crippen molar-refractivity contribution >= 4 is 61.3 Å². The smallest absolute Gasteiger partial charge is 0.418 e. The number of nitrogens with zero attached hydrogens (tertiary/aromatic N) is 5. The molecule has 2 fully saturated rings. The van der Waals surface area contributed by atoms with Gasteiger partial charge in [0, 0.05) is 18.5 Å². The zero-order chi connectivity index (χ0) is 34.3. The SMILES string of the molecule is Cn1c2ccc(OC[C@H](O/N=C(\C(=O)N[C@@H]3C(=O)N(OS(=O)(=O)O)C3(C)C)c3csc(N)n3)C(=O)O)cc2c[n+]1C[C@H]1CNC[C@H]1O. The molecule has 2 aliphatic heterocycles. The number of carboxylic acids is 1. The number of fused-ring (bicyclic) bond motifs is 1. The minimum atomic E-state index is -5.02. The Bertz CT molecular complexity index is 1840. The van der Waals surface area contributed by atoms with Crippen LogP contribution < -0.4 is 25.8 Å². The third kappa shape index (κ3) is 7.29. The van der Waals surface area contributed by atoms with Crippen LogP contribution in [0.3, 0.4) is 0 Å². The molecule has 2 aromatic heterocycles. The first-order valence-electron chi connectivity index (χ1n) is 14.1. The number of nitrogens with two attached hydrogens (primary N) is 1. The van der Waals surface area contributed by atoms with Crippen LogP contribution >= 0.6 is 11.3 Å². The highest BCUT2D eigenvalue weighted by molar-refractivity contribution is 7.80. The van der Waals surface area contributed by atoms with E-state index < -0.39 is 64.3 Å². The topological polar surface area (TPSA) is 261 Å². The van der Waals surface area contributed by atoms with Gasteiger partial charge in [0.15, 0.2) is 17.4 Å². The number of hydroxylamine groups is 2. The number of nitrogen functional groups attached to an aromatic ring is 1. The zero-order valence-corrected chi connectivity index (χ0v) is 26.9. The second kappa shape index (κ2) is 13.0. The van der Waals surface area contributed by atoms with Crippen LogP contribution in [0.1, 0.15) is 19.5 Å². The number of carbonyl (C=O) groups is 3. The highest BCUT2D eigenvalue weighted by atomic mass is 32.3. The Balaban J connectivity index is 1.29. The summed E-state index contributed by atoms with van der Waals surface area (Å²) in [6, 6.07) is 3.85. The van der Waals surface area contributed by atoms with E-state index in [1.54, 1.807) is 18.2 Å². The Labute approximate surface area is 271 Å². The molecule has 0 unspecified atom stereocenters. The summed E-state index contributed by atoms with van der Waals surface area (Å²) >= 11 is 0.957. The van der Waals surface area contributed by atoms with Crippen LogP contribution in [0.15, 0.2) is 34.9 Å².